The molecule has 0 fully saturated rings. The number of hydrogen-bond donors (Lipinski definition) is 2. The summed E-state index contributed by atoms with van der Waals surface area (Å²) in [7, 11) is 0. The predicted octanol–water partition coefficient (Wildman–Crippen LogP) is 8.32. The van der Waals surface area contributed by atoms with Crippen LogP contribution in [-0.4, -0.2) is 17.1 Å². The van der Waals surface area contributed by atoms with E-state index in [1.54, 1.807) is 17.6 Å². The summed E-state index contributed by atoms with van der Waals surface area (Å²) in [5.74, 6) is 1.22. The Hall–Kier alpha value is -3.90. The van der Waals surface area contributed by atoms with E-state index in [0.29, 0.717) is 18.0 Å². The van der Waals surface area contributed by atoms with Gasteiger partial charge in [-0.1, -0.05) is 69.3 Å². The molecule has 0 saturated heterocycles. The lowest BCUT2D eigenvalue weighted by molar-refractivity contribution is 0.0947. The van der Waals surface area contributed by atoms with Crippen LogP contribution >= 0.6 is 11.3 Å². The van der Waals surface area contributed by atoms with E-state index in [4.69, 9.17) is 9.41 Å². The van der Waals surface area contributed by atoms with Crippen LogP contribution in [0, 0.1) is 11.3 Å². The first kappa shape index (κ1) is 25.4. The van der Waals surface area contributed by atoms with Crippen molar-refractivity contribution in [3.8, 4) is 11.3 Å². The number of hydrogen-bond acceptors (Lipinski definition) is 4. The molecule has 0 aliphatic heterocycles. The Morgan fingerprint density at radius 1 is 1.10 bits per heavy atom. The second-order valence-corrected chi connectivity index (χ2v) is 12.4. The Morgan fingerprint density at radius 3 is 2.67 bits per heavy atom. The first-order valence-electron chi connectivity index (χ1n) is 13.5. The summed E-state index contributed by atoms with van der Waals surface area (Å²) >= 11 is 1.67. The highest BCUT2D eigenvalue weighted by Crippen LogP contribution is 2.45. The van der Waals surface area contributed by atoms with E-state index >= 15 is 0 Å². The van der Waals surface area contributed by atoms with Gasteiger partial charge in [-0.3, -0.25) is 4.79 Å². The van der Waals surface area contributed by atoms with Crippen molar-refractivity contribution in [1.29, 1.82) is 0 Å². The zero-order valence-corrected chi connectivity index (χ0v) is 23.4. The lowest BCUT2D eigenvalue weighted by Crippen LogP contribution is -2.28. The fraction of sp³-hybridized carbons (Fsp3) is 0.273. The molecule has 39 heavy (non-hydrogen) atoms. The van der Waals surface area contributed by atoms with E-state index in [1.807, 2.05) is 48.7 Å². The highest BCUT2D eigenvalue weighted by molar-refractivity contribution is 7.16. The van der Waals surface area contributed by atoms with Crippen LogP contribution in [-0.2, 0) is 19.4 Å². The molecule has 1 atom stereocenters. The van der Waals surface area contributed by atoms with E-state index < -0.39 is 0 Å². The zero-order chi connectivity index (χ0) is 27.0. The number of fused-ring (bicyclic) bond motifs is 2. The molecule has 0 spiro atoms. The molecule has 198 valence electrons. The van der Waals surface area contributed by atoms with Crippen molar-refractivity contribution in [2.24, 2.45) is 16.3 Å². The third-order valence-corrected chi connectivity index (χ3v) is 8.98. The number of aromatic amines is 1. The number of furan rings is 1. The third-order valence-electron chi connectivity index (χ3n) is 7.82. The standard InChI is InChI=1S/C33H33N3O2S/c1-33(2,3)22-15-16-25-28(18-22)39-32(29(25)31(37)34-19-23-12-9-17-38-23)35-20-26-24-13-7-8-14-27(24)36-30(26)21-10-5-4-6-11-21/h4-14,17,20,22,36H,15-16,18-19H2,1-3H3,(H,34,37)/t22-/m1/s1. The van der Waals surface area contributed by atoms with Crippen molar-refractivity contribution in [3.63, 3.8) is 0 Å². The fourth-order valence-corrected chi connectivity index (χ4v) is 6.83. The van der Waals surface area contributed by atoms with Gasteiger partial charge in [0.1, 0.15) is 10.8 Å². The van der Waals surface area contributed by atoms with Gasteiger partial charge < -0.3 is 14.7 Å². The molecule has 5 aromatic rings. The van der Waals surface area contributed by atoms with Gasteiger partial charge in [0.2, 0.25) is 0 Å². The largest absolute Gasteiger partial charge is 0.467 e. The number of nitrogens with one attached hydrogen (secondary N) is 2. The Labute approximate surface area is 233 Å². The first-order valence-corrected chi connectivity index (χ1v) is 14.4. The number of nitrogens with zero attached hydrogens (tertiary/aromatic N) is 1. The summed E-state index contributed by atoms with van der Waals surface area (Å²) < 4.78 is 5.44. The number of thiophene rings is 1. The maximum absolute atomic E-state index is 13.6. The number of aliphatic imine (C=N–C) groups is 1. The number of benzene rings is 2. The minimum absolute atomic E-state index is 0.0903. The number of carbonyl (C=O) groups is 1. The number of para-hydroxylation sites is 1. The number of amides is 1. The molecule has 0 bridgehead atoms. The highest BCUT2D eigenvalue weighted by atomic mass is 32.1. The SMILES string of the molecule is CC(C)(C)[C@@H]1CCc2c(sc(N=Cc3c(-c4ccccc4)[nH]c4ccccc34)c2C(=O)NCc2ccco2)C1. The van der Waals surface area contributed by atoms with Crippen LogP contribution in [0.5, 0.6) is 0 Å². The van der Waals surface area contributed by atoms with Crippen molar-refractivity contribution in [2.75, 3.05) is 0 Å². The van der Waals surface area contributed by atoms with Crippen LogP contribution in [0.15, 0.2) is 82.4 Å². The molecular weight excluding hydrogens is 502 g/mol. The smallest absolute Gasteiger partial charge is 0.255 e. The zero-order valence-electron chi connectivity index (χ0n) is 22.6. The molecule has 6 rings (SSSR count). The monoisotopic (exact) mass is 535 g/mol. The number of aromatic nitrogens is 1. The van der Waals surface area contributed by atoms with E-state index in [9.17, 15) is 4.79 Å². The van der Waals surface area contributed by atoms with Gasteiger partial charge in [-0.25, -0.2) is 4.99 Å². The molecule has 6 heteroatoms. The maximum atomic E-state index is 13.6. The number of H-pyrrole nitrogens is 1. The summed E-state index contributed by atoms with van der Waals surface area (Å²) in [6, 6.07) is 22.3. The lowest BCUT2D eigenvalue weighted by atomic mass is 9.72. The second kappa shape index (κ2) is 10.3. The molecular formula is C33H33N3O2S. The van der Waals surface area contributed by atoms with Gasteiger partial charge >= 0.3 is 0 Å². The molecule has 3 aromatic heterocycles. The summed E-state index contributed by atoms with van der Waals surface area (Å²) in [4.78, 5) is 23.5. The van der Waals surface area contributed by atoms with Crippen LogP contribution in [0.1, 0.15) is 59.3 Å². The normalized spacial score (nSPS) is 15.6. The molecule has 1 aliphatic rings. The lowest BCUT2D eigenvalue weighted by Gasteiger charge is -2.33. The molecule has 2 aromatic carbocycles. The summed E-state index contributed by atoms with van der Waals surface area (Å²) in [5, 5.41) is 4.96. The van der Waals surface area contributed by atoms with E-state index in [1.165, 1.54) is 4.88 Å². The van der Waals surface area contributed by atoms with Crippen molar-refractivity contribution in [3.05, 3.63) is 100 Å². The maximum Gasteiger partial charge on any atom is 0.255 e. The first-order chi connectivity index (χ1) is 18.9. The van der Waals surface area contributed by atoms with Crippen LogP contribution < -0.4 is 5.32 Å². The van der Waals surface area contributed by atoms with Gasteiger partial charge in [0.15, 0.2) is 0 Å². The molecule has 5 nitrogen and oxygen atoms in total. The van der Waals surface area contributed by atoms with Crippen molar-refractivity contribution >= 4 is 39.4 Å². The molecule has 1 aliphatic carbocycles. The Kier molecular flexibility index (Phi) is 6.73. The summed E-state index contributed by atoms with van der Waals surface area (Å²) in [5.41, 5.74) is 6.31. The minimum atomic E-state index is -0.0903. The molecule has 3 heterocycles. The summed E-state index contributed by atoms with van der Waals surface area (Å²) in [6.07, 6.45) is 6.52. The quantitative estimate of drug-likeness (QED) is 0.215. The third kappa shape index (κ3) is 5.09. The van der Waals surface area contributed by atoms with Crippen LogP contribution in [0.25, 0.3) is 22.2 Å². The molecule has 0 unspecified atom stereocenters. The van der Waals surface area contributed by atoms with Gasteiger partial charge in [0, 0.05) is 27.6 Å². The highest BCUT2D eigenvalue weighted by Gasteiger charge is 2.33. The Balaban J connectivity index is 1.41. The average molecular weight is 536 g/mol. The average Bonchev–Trinajstić information content (AvgIpc) is 3.67. The van der Waals surface area contributed by atoms with E-state index in [-0.39, 0.29) is 11.3 Å². The van der Waals surface area contributed by atoms with Crippen molar-refractivity contribution in [2.45, 2.75) is 46.6 Å². The topological polar surface area (TPSA) is 70.4 Å². The number of carbonyl (C=O) groups excluding carboxylic acids is 1. The van der Waals surface area contributed by atoms with Crippen molar-refractivity contribution in [1.82, 2.24) is 10.3 Å². The van der Waals surface area contributed by atoms with Crippen molar-refractivity contribution < 1.29 is 9.21 Å². The van der Waals surface area contributed by atoms with Crippen LogP contribution in [0.4, 0.5) is 5.00 Å². The summed E-state index contributed by atoms with van der Waals surface area (Å²) in [6.45, 7) is 7.29. The molecule has 2 N–H and O–H groups in total. The van der Waals surface area contributed by atoms with E-state index in [2.05, 4.69) is 55.3 Å². The van der Waals surface area contributed by atoms with Gasteiger partial charge in [-0.2, -0.15) is 0 Å². The minimum Gasteiger partial charge on any atom is -0.467 e. The van der Waals surface area contributed by atoms with Gasteiger partial charge in [-0.15, -0.1) is 11.3 Å². The van der Waals surface area contributed by atoms with E-state index in [0.717, 1.165) is 63.3 Å². The van der Waals surface area contributed by atoms with Gasteiger partial charge in [-0.05, 0) is 59.9 Å². The molecule has 0 radical (unpaired) electrons. The predicted molar refractivity (Wildman–Crippen MR) is 160 cm³/mol. The van der Waals surface area contributed by atoms with Crippen LogP contribution in [0.3, 0.4) is 0 Å². The molecule has 1 amide bonds. The number of rotatable bonds is 6. The Morgan fingerprint density at radius 2 is 1.90 bits per heavy atom. The fourth-order valence-electron chi connectivity index (χ4n) is 5.56. The van der Waals surface area contributed by atoms with Gasteiger partial charge in [0.25, 0.3) is 5.91 Å². The van der Waals surface area contributed by atoms with Gasteiger partial charge in [0.05, 0.1) is 24.1 Å². The second-order valence-electron chi connectivity index (χ2n) is 11.3. The molecule has 0 saturated carbocycles. The Bertz CT molecular complexity index is 1640. The van der Waals surface area contributed by atoms with Crippen LogP contribution in [0.2, 0.25) is 0 Å².